The number of aromatic nitrogens is 2. The summed E-state index contributed by atoms with van der Waals surface area (Å²) in [4.78, 5) is 22.5. The van der Waals surface area contributed by atoms with Crippen LogP contribution >= 0.6 is 11.8 Å². The molecule has 7 heteroatoms. The van der Waals surface area contributed by atoms with E-state index < -0.39 is 0 Å². The van der Waals surface area contributed by atoms with Crippen LogP contribution in [0.1, 0.15) is 20.3 Å². The normalized spacial score (nSPS) is 10.2. The van der Waals surface area contributed by atoms with Crippen molar-refractivity contribution in [3.63, 3.8) is 0 Å². The van der Waals surface area contributed by atoms with E-state index in [1.54, 1.807) is 7.05 Å². The molecular weight excluding hydrogens is 274 g/mol. The van der Waals surface area contributed by atoms with E-state index in [9.17, 15) is 4.79 Å². The minimum Gasteiger partial charge on any atom is -0.370 e. The molecule has 6 nitrogen and oxygen atoms in total. The number of amides is 1. The molecule has 0 radical (unpaired) electrons. The predicted octanol–water partition coefficient (Wildman–Crippen LogP) is 1.59. The van der Waals surface area contributed by atoms with Crippen molar-refractivity contribution < 1.29 is 4.79 Å². The molecule has 0 spiro atoms. The number of hydrogen-bond donors (Lipinski definition) is 2. The molecular formula is C13H23N5OS. The number of rotatable bonds is 8. The fourth-order valence-electron chi connectivity index (χ4n) is 1.73. The van der Waals surface area contributed by atoms with Crippen LogP contribution in [0.3, 0.4) is 0 Å². The van der Waals surface area contributed by atoms with Crippen LogP contribution in [0, 0.1) is 0 Å². The third-order valence-electron chi connectivity index (χ3n) is 2.66. The predicted molar refractivity (Wildman–Crippen MR) is 84.5 cm³/mol. The number of carbonyl (C=O) groups excluding carboxylic acids is 1. The highest BCUT2D eigenvalue weighted by molar-refractivity contribution is 7.98. The molecule has 0 saturated heterocycles. The smallest absolute Gasteiger partial charge is 0.239 e. The molecule has 20 heavy (non-hydrogen) atoms. The van der Waals surface area contributed by atoms with Gasteiger partial charge >= 0.3 is 0 Å². The van der Waals surface area contributed by atoms with E-state index in [2.05, 4.69) is 27.5 Å². The lowest BCUT2D eigenvalue weighted by molar-refractivity contribution is -0.119. The summed E-state index contributed by atoms with van der Waals surface area (Å²) in [6, 6.07) is 1.89. The van der Waals surface area contributed by atoms with Crippen LogP contribution in [0.15, 0.2) is 11.2 Å². The van der Waals surface area contributed by atoms with Gasteiger partial charge in [0.05, 0.1) is 6.54 Å². The standard InChI is InChI=1S/C13H23N5OS/c1-5-7-18(9-12(19)14-3)11-8-10(15-6-2)16-13(17-11)20-4/h8H,5-7,9H2,1-4H3,(H,14,19)(H,15,16,17). The van der Waals surface area contributed by atoms with Gasteiger partial charge in [-0.25, -0.2) is 9.97 Å². The molecule has 0 saturated carbocycles. The molecule has 0 aromatic carbocycles. The van der Waals surface area contributed by atoms with Crippen LogP contribution in [0.5, 0.6) is 0 Å². The van der Waals surface area contributed by atoms with Crippen LogP contribution in [0.25, 0.3) is 0 Å². The van der Waals surface area contributed by atoms with Crippen molar-refractivity contribution in [2.24, 2.45) is 0 Å². The van der Waals surface area contributed by atoms with Gasteiger partial charge in [0, 0.05) is 26.2 Å². The number of thioether (sulfide) groups is 1. The SMILES string of the molecule is CCCN(CC(=O)NC)c1cc(NCC)nc(SC)n1. The zero-order valence-corrected chi connectivity index (χ0v) is 13.4. The van der Waals surface area contributed by atoms with Crippen molar-refractivity contribution in [2.45, 2.75) is 25.4 Å². The Morgan fingerprint density at radius 2 is 2.15 bits per heavy atom. The van der Waals surface area contributed by atoms with Crippen LogP contribution in [-0.4, -0.2) is 48.8 Å². The van der Waals surface area contributed by atoms with Gasteiger partial charge in [-0.15, -0.1) is 0 Å². The van der Waals surface area contributed by atoms with E-state index in [4.69, 9.17) is 0 Å². The number of anilines is 2. The molecule has 1 aromatic heterocycles. The summed E-state index contributed by atoms with van der Waals surface area (Å²) in [5.41, 5.74) is 0. The maximum absolute atomic E-state index is 11.6. The van der Waals surface area contributed by atoms with Gasteiger partial charge in [-0.3, -0.25) is 4.79 Å². The Labute approximate surface area is 124 Å². The van der Waals surface area contributed by atoms with E-state index in [0.29, 0.717) is 11.7 Å². The molecule has 0 aliphatic carbocycles. The van der Waals surface area contributed by atoms with Gasteiger partial charge in [-0.05, 0) is 19.6 Å². The second-order valence-electron chi connectivity index (χ2n) is 4.22. The Morgan fingerprint density at radius 3 is 2.70 bits per heavy atom. The molecule has 0 unspecified atom stereocenters. The van der Waals surface area contributed by atoms with Crippen LogP contribution in [0.4, 0.5) is 11.6 Å². The number of hydrogen-bond acceptors (Lipinski definition) is 6. The molecule has 1 rings (SSSR count). The van der Waals surface area contributed by atoms with E-state index >= 15 is 0 Å². The van der Waals surface area contributed by atoms with E-state index in [1.807, 2.05) is 24.1 Å². The second-order valence-corrected chi connectivity index (χ2v) is 5.00. The highest BCUT2D eigenvalue weighted by Gasteiger charge is 2.13. The zero-order valence-electron chi connectivity index (χ0n) is 12.6. The summed E-state index contributed by atoms with van der Waals surface area (Å²) in [7, 11) is 1.64. The highest BCUT2D eigenvalue weighted by atomic mass is 32.2. The lowest BCUT2D eigenvalue weighted by Crippen LogP contribution is -2.36. The van der Waals surface area contributed by atoms with Crippen molar-refractivity contribution in [3.05, 3.63) is 6.07 Å². The second kappa shape index (κ2) is 8.63. The first kappa shape index (κ1) is 16.6. The Hall–Kier alpha value is -1.50. The van der Waals surface area contributed by atoms with Gasteiger partial charge in [0.1, 0.15) is 11.6 Å². The first-order chi connectivity index (χ1) is 9.64. The van der Waals surface area contributed by atoms with Crippen molar-refractivity contribution >= 4 is 29.3 Å². The topological polar surface area (TPSA) is 70.2 Å². The third-order valence-corrected chi connectivity index (χ3v) is 3.21. The minimum atomic E-state index is -0.0206. The molecule has 1 aromatic rings. The summed E-state index contributed by atoms with van der Waals surface area (Å²) in [5, 5.41) is 6.55. The molecule has 0 aliphatic heterocycles. The summed E-state index contributed by atoms with van der Waals surface area (Å²) < 4.78 is 0. The number of likely N-dealkylation sites (N-methyl/N-ethyl adjacent to an activating group) is 1. The molecule has 0 aliphatic rings. The van der Waals surface area contributed by atoms with Gasteiger partial charge in [-0.2, -0.15) is 0 Å². The van der Waals surface area contributed by atoms with Crippen molar-refractivity contribution in [1.82, 2.24) is 15.3 Å². The Bertz CT molecular complexity index is 441. The fourth-order valence-corrected chi connectivity index (χ4v) is 2.11. The Morgan fingerprint density at radius 1 is 1.40 bits per heavy atom. The van der Waals surface area contributed by atoms with Gasteiger partial charge in [0.15, 0.2) is 5.16 Å². The number of carbonyl (C=O) groups is 1. The summed E-state index contributed by atoms with van der Waals surface area (Å²) >= 11 is 1.49. The maximum atomic E-state index is 11.6. The Kier molecular flexibility index (Phi) is 7.14. The first-order valence-corrected chi connectivity index (χ1v) is 7.99. The monoisotopic (exact) mass is 297 g/mol. The highest BCUT2D eigenvalue weighted by Crippen LogP contribution is 2.20. The zero-order chi connectivity index (χ0) is 15.0. The molecule has 1 heterocycles. The van der Waals surface area contributed by atoms with E-state index in [-0.39, 0.29) is 5.91 Å². The first-order valence-electron chi connectivity index (χ1n) is 6.77. The lowest BCUT2D eigenvalue weighted by atomic mass is 10.3. The minimum absolute atomic E-state index is 0.0206. The maximum Gasteiger partial charge on any atom is 0.239 e. The quantitative estimate of drug-likeness (QED) is 0.561. The molecule has 2 N–H and O–H groups in total. The molecule has 0 bridgehead atoms. The molecule has 0 fully saturated rings. The van der Waals surface area contributed by atoms with E-state index in [1.165, 1.54) is 11.8 Å². The average Bonchev–Trinajstić information content (AvgIpc) is 2.46. The van der Waals surface area contributed by atoms with Gasteiger partial charge in [-0.1, -0.05) is 18.7 Å². The molecule has 1 amide bonds. The van der Waals surface area contributed by atoms with Crippen LogP contribution < -0.4 is 15.5 Å². The summed E-state index contributed by atoms with van der Waals surface area (Å²) in [6.45, 7) is 5.99. The third kappa shape index (κ3) is 4.88. The number of nitrogens with zero attached hydrogens (tertiary/aromatic N) is 3. The van der Waals surface area contributed by atoms with Crippen molar-refractivity contribution in [1.29, 1.82) is 0 Å². The van der Waals surface area contributed by atoms with Gasteiger partial charge in [0.2, 0.25) is 5.91 Å². The van der Waals surface area contributed by atoms with Crippen LogP contribution in [-0.2, 0) is 4.79 Å². The van der Waals surface area contributed by atoms with Gasteiger partial charge < -0.3 is 15.5 Å². The molecule has 112 valence electrons. The summed E-state index contributed by atoms with van der Waals surface area (Å²) in [5.74, 6) is 1.55. The fraction of sp³-hybridized carbons (Fsp3) is 0.615. The molecule has 0 atom stereocenters. The van der Waals surface area contributed by atoms with Gasteiger partial charge in [0.25, 0.3) is 0 Å². The largest absolute Gasteiger partial charge is 0.370 e. The lowest BCUT2D eigenvalue weighted by Gasteiger charge is -2.23. The van der Waals surface area contributed by atoms with Crippen molar-refractivity contribution in [2.75, 3.05) is 43.2 Å². The average molecular weight is 297 g/mol. The van der Waals surface area contributed by atoms with Crippen LogP contribution in [0.2, 0.25) is 0 Å². The van der Waals surface area contributed by atoms with E-state index in [0.717, 1.165) is 31.1 Å². The number of nitrogens with one attached hydrogen (secondary N) is 2. The van der Waals surface area contributed by atoms with Crippen molar-refractivity contribution in [3.8, 4) is 0 Å². The Balaban J connectivity index is 3.03. The summed E-state index contributed by atoms with van der Waals surface area (Å²) in [6.07, 6.45) is 2.89.